The van der Waals surface area contributed by atoms with Crippen LogP contribution in [0.3, 0.4) is 0 Å². The first-order valence-electron chi connectivity index (χ1n) is 9.30. The number of carbonyl (C=O) groups is 1. The van der Waals surface area contributed by atoms with E-state index >= 15 is 0 Å². The fraction of sp³-hybridized carbons (Fsp3) is 0.174. The third kappa shape index (κ3) is 5.90. The van der Waals surface area contributed by atoms with E-state index in [0.29, 0.717) is 29.7 Å². The minimum atomic E-state index is -0.0939. The lowest BCUT2D eigenvalue weighted by molar-refractivity contribution is -0.114. The van der Waals surface area contributed by atoms with Crippen LogP contribution in [-0.2, 0) is 17.9 Å². The van der Waals surface area contributed by atoms with E-state index in [9.17, 15) is 4.79 Å². The maximum atomic E-state index is 11.1. The van der Waals surface area contributed by atoms with Gasteiger partial charge >= 0.3 is 0 Å². The summed E-state index contributed by atoms with van der Waals surface area (Å²) in [7, 11) is 1.61. The molecule has 0 saturated carbocycles. The summed E-state index contributed by atoms with van der Waals surface area (Å²) in [6, 6.07) is 18.9. The Morgan fingerprint density at radius 2 is 1.70 bits per heavy atom. The molecular weight excluding hydrogens is 468 g/mol. The Balaban J connectivity index is 1.67. The summed E-state index contributed by atoms with van der Waals surface area (Å²) in [5.74, 6) is 1.18. The van der Waals surface area contributed by atoms with Crippen LogP contribution in [0.2, 0.25) is 5.02 Å². The molecule has 0 heterocycles. The van der Waals surface area contributed by atoms with Gasteiger partial charge in [-0.1, -0.05) is 45.7 Å². The molecule has 3 aromatic rings. The molecule has 3 aromatic carbocycles. The smallest absolute Gasteiger partial charge is 0.221 e. The molecule has 0 saturated heterocycles. The highest BCUT2D eigenvalue weighted by Crippen LogP contribution is 2.35. The maximum absolute atomic E-state index is 11.1. The summed E-state index contributed by atoms with van der Waals surface area (Å²) in [5, 5.41) is 6.78. The van der Waals surface area contributed by atoms with E-state index in [1.165, 1.54) is 6.92 Å². The summed E-state index contributed by atoms with van der Waals surface area (Å²) in [5.41, 5.74) is 3.62. The van der Waals surface area contributed by atoms with Crippen molar-refractivity contribution in [1.29, 1.82) is 0 Å². The van der Waals surface area contributed by atoms with Crippen molar-refractivity contribution in [2.24, 2.45) is 0 Å². The van der Waals surface area contributed by atoms with Crippen molar-refractivity contribution in [2.75, 3.05) is 17.7 Å². The van der Waals surface area contributed by atoms with Crippen LogP contribution in [0.5, 0.6) is 11.5 Å². The van der Waals surface area contributed by atoms with Crippen LogP contribution >= 0.6 is 27.5 Å². The second kappa shape index (κ2) is 10.4. The number of methoxy groups -OCH3 is 1. The lowest BCUT2D eigenvalue weighted by atomic mass is 10.2. The summed E-state index contributed by atoms with van der Waals surface area (Å²) in [6.45, 7) is 2.42. The molecule has 0 spiro atoms. The van der Waals surface area contributed by atoms with Gasteiger partial charge in [0.2, 0.25) is 5.91 Å². The summed E-state index contributed by atoms with van der Waals surface area (Å²) < 4.78 is 12.4. The van der Waals surface area contributed by atoms with Gasteiger partial charge in [0, 0.05) is 39.9 Å². The van der Waals surface area contributed by atoms with Crippen molar-refractivity contribution in [3.63, 3.8) is 0 Å². The highest BCUT2D eigenvalue weighted by molar-refractivity contribution is 9.10. The molecule has 0 aliphatic carbocycles. The Kier molecular flexibility index (Phi) is 7.60. The number of amides is 1. The summed E-state index contributed by atoms with van der Waals surface area (Å²) >= 11 is 9.82. The molecule has 0 unspecified atom stereocenters. The minimum Gasteiger partial charge on any atom is -0.493 e. The van der Waals surface area contributed by atoms with Crippen molar-refractivity contribution in [2.45, 2.75) is 20.1 Å². The van der Waals surface area contributed by atoms with Crippen molar-refractivity contribution >= 4 is 44.8 Å². The van der Waals surface area contributed by atoms with Gasteiger partial charge in [-0.2, -0.15) is 0 Å². The van der Waals surface area contributed by atoms with E-state index in [1.807, 2.05) is 60.7 Å². The van der Waals surface area contributed by atoms with Gasteiger partial charge in [-0.05, 0) is 48.0 Å². The van der Waals surface area contributed by atoms with E-state index in [-0.39, 0.29) is 5.91 Å². The topological polar surface area (TPSA) is 59.6 Å². The Labute approximate surface area is 189 Å². The molecule has 0 atom stereocenters. The molecule has 156 valence electrons. The molecule has 5 nitrogen and oxygen atoms in total. The zero-order chi connectivity index (χ0) is 21.5. The SMILES string of the molecule is COc1cc(CNc2ccc(NC(C)=O)cc2)c(Br)cc1OCc1ccccc1Cl. The molecule has 2 N–H and O–H groups in total. The standard InChI is InChI=1S/C23H22BrClN2O3/c1-15(28)27-19-9-7-18(8-10-19)26-13-17-11-22(29-2)23(12-20(17)24)30-14-16-5-3-4-6-21(16)25/h3-12,26H,13-14H2,1-2H3,(H,27,28). The molecule has 7 heteroatoms. The second-order valence-electron chi connectivity index (χ2n) is 6.59. The van der Waals surface area contributed by atoms with Crippen LogP contribution in [0.15, 0.2) is 65.1 Å². The molecule has 0 aromatic heterocycles. The Bertz CT molecular complexity index is 1030. The first-order valence-corrected chi connectivity index (χ1v) is 10.5. The fourth-order valence-electron chi connectivity index (χ4n) is 2.83. The molecule has 0 aliphatic rings. The van der Waals surface area contributed by atoms with Gasteiger partial charge in [0.1, 0.15) is 6.61 Å². The van der Waals surface area contributed by atoms with Crippen molar-refractivity contribution in [3.8, 4) is 11.5 Å². The number of benzene rings is 3. The van der Waals surface area contributed by atoms with Gasteiger partial charge in [-0.25, -0.2) is 0 Å². The Morgan fingerprint density at radius 1 is 1.00 bits per heavy atom. The first kappa shape index (κ1) is 22.0. The summed E-state index contributed by atoms with van der Waals surface area (Å²) in [4.78, 5) is 11.1. The molecule has 3 rings (SSSR count). The van der Waals surface area contributed by atoms with E-state index in [4.69, 9.17) is 21.1 Å². The van der Waals surface area contributed by atoms with Gasteiger partial charge in [-0.3, -0.25) is 4.79 Å². The number of halogens is 2. The highest BCUT2D eigenvalue weighted by Gasteiger charge is 2.11. The number of hydrogen-bond donors (Lipinski definition) is 2. The number of rotatable bonds is 8. The van der Waals surface area contributed by atoms with Crippen LogP contribution in [0.4, 0.5) is 11.4 Å². The Morgan fingerprint density at radius 3 is 2.37 bits per heavy atom. The van der Waals surface area contributed by atoms with E-state index in [0.717, 1.165) is 27.0 Å². The van der Waals surface area contributed by atoms with E-state index in [2.05, 4.69) is 26.6 Å². The Hall–Kier alpha value is -2.70. The first-order chi connectivity index (χ1) is 14.5. The van der Waals surface area contributed by atoms with Crippen LogP contribution in [-0.4, -0.2) is 13.0 Å². The van der Waals surface area contributed by atoms with Crippen LogP contribution < -0.4 is 20.1 Å². The van der Waals surface area contributed by atoms with Crippen LogP contribution in [0, 0.1) is 0 Å². The van der Waals surface area contributed by atoms with Crippen molar-refractivity contribution < 1.29 is 14.3 Å². The minimum absolute atomic E-state index is 0.0939. The molecule has 30 heavy (non-hydrogen) atoms. The normalized spacial score (nSPS) is 10.4. The zero-order valence-corrected chi connectivity index (χ0v) is 19.0. The predicted octanol–water partition coefficient (Wildman–Crippen LogP) is 6.26. The highest BCUT2D eigenvalue weighted by atomic mass is 79.9. The third-order valence-electron chi connectivity index (χ3n) is 4.36. The largest absolute Gasteiger partial charge is 0.493 e. The molecular formula is C23H22BrClN2O3. The number of carbonyl (C=O) groups excluding carboxylic acids is 1. The number of hydrogen-bond acceptors (Lipinski definition) is 4. The number of anilines is 2. The average Bonchev–Trinajstić information content (AvgIpc) is 2.73. The van der Waals surface area contributed by atoms with Gasteiger partial charge in [0.25, 0.3) is 0 Å². The lowest BCUT2D eigenvalue weighted by Gasteiger charge is -2.15. The van der Waals surface area contributed by atoms with Crippen molar-refractivity contribution in [1.82, 2.24) is 0 Å². The van der Waals surface area contributed by atoms with Gasteiger partial charge in [0.05, 0.1) is 7.11 Å². The van der Waals surface area contributed by atoms with Gasteiger partial charge < -0.3 is 20.1 Å². The lowest BCUT2D eigenvalue weighted by Crippen LogP contribution is -2.06. The predicted molar refractivity (Wildman–Crippen MR) is 125 cm³/mol. The fourth-order valence-corrected chi connectivity index (χ4v) is 3.48. The molecule has 0 fully saturated rings. The molecule has 1 amide bonds. The zero-order valence-electron chi connectivity index (χ0n) is 16.7. The van der Waals surface area contributed by atoms with E-state index < -0.39 is 0 Å². The van der Waals surface area contributed by atoms with Gasteiger partial charge in [0.15, 0.2) is 11.5 Å². The van der Waals surface area contributed by atoms with E-state index in [1.54, 1.807) is 7.11 Å². The van der Waals surface area contributed by atoms with Gasteiger partial charge in [-0.15, -0.1) is 0 Å². The second-order valence-corrected chi connectivity index (χ2v) is 7.85. The third-order valence-corrected chi connectivity index (χ3v) is 5.47. The van der Waals surface area contributed by atoms with Crippen molar-refractivity contribution in [3.05, 3.63) is 81.3 Å². The van der Waals surface area contributed by atoms with Crippen LogP contribution in [0.25, 0.3) is 0 Å². The molecule has 0 aliphatic heterocycles. The average molecular weight is 490 g/mol. The monoisotopic (exact) mass is 488 g/mol. The van der Waals surface area contributed by atoms with Crippen LogP contribution in [0.1, 0.15) is 18.1 Å². The number of nitrogens with one attached hydrogen (secondary N) is 2. The number of ether oxygens (including phenoxy) is 2. The molecule has 0 radical (unpaired) electrons. The molecule has 0 bridgehead atoms. The quantitative estimate of drug-likeness (QED) is 0.392. The maximum Gasteiger partial charge on any atom is 0.221 e. The summed E-state index contributed by atoms with van der Waals surface area (Å²) in [6.07, 6.45) is 0.